The third-order valence-electron chi connectivity index (χ3n) is 2.55. The minimum atomic E-state index is 0.419. The maximum Gasteiger partial charge on any atom is 0.0453 e. The van der Waals surface area contributed by atoms with Crippen LogP contribution in [0.4, 0.5) is 0 Å². The Morgan fingerprint density at radius 1 is 1.38 bits per heavy atom. The van der Waals surface area contributed by atoms with Gasteiger partial charge in [-0.15, -0.1) is 0 Å². The van der Waals surface area contributed by atoms with Crippen molar-refractivity contribution in [2.24, 2.45) is 5.73 Å². The van der Waals surface area contributed by atoms with E-state index in [0.717, 1.165) is 30.0 Å². The molecule has 0 amide bonds. The van der Waals surface area contributed by atoms with Gasteiger partial charge in [-0.2, -0.15) is 0 Å². The molecule has 90 valence electrons. The number of rotatable bonds is 6. The maximum absolute atomic E-state index is 6.13. The van der Waals surface area contributed by atoms with Gasteiger partial charge in [-0.1, -0.05) is 36.2 Å². The molecule has 0 spiro atoms. The van der Waals surface area contributed by atoms with Gasteiger partial charge in [-0.05, 0) is 30.5 Å². The van der Waals surface area contributed by atoms with Crippen LogP contribution in [0.5, 0.6) is 0 Å². The number of hydrogen-bond donors (Lipinski definition) is 2. The van der Waals surface area contributed by atoms with E-state index in [0.29, 0.717) is 17.6 Å². The van der Waals surface area contributed by atoms with Gasteiger partial charge in [0.25, 0.3) is 0 Å². The van der Waals surface area contributed by atoms with E-state index in [1.165, 1.54) is 0 Å². The minimum absolute atomic E-state index is 0.419. The van der Waals surface area contributed by atoms with Gasteiger partial charge in [-0.3, -0.25) is 0 Å². The quantitative estimate of drug-likeness (QED) is 0.826. The number of nitrogens with one attached hydrogen (secondary N) is 1. The molecule has 0 saturated heterocycles. The average molecular weight is 261 g/mol. The molecule has 1 unspecified atom stereocenters. The highest BCUT2D eigenvalue weighted by Crippen LogP contribution is 2.22. The van der Waals surface area contributed by atoms with E-state index in [1.807, 2.05) is 12.1 Å². The highest BCUT2D eigenvalue weighted by Gasteiger charge is 2.09. The summed E-state index contributed by atoms with van der Waals surface area (Å²) >= 11 is 12.0. The average Bonchev–Trinajstić information content (AvgIpc) is 2.27. The van der Waals surface area contributed by atoms with E-state index in [2.05, 4.69) is 12.2 Å². The van der Waals surface area contributed by atoms with Crippen LogP contribution in [0.15, 0.2) is 18.2 Å². The Balaban J connectivity index is 2.62. The summed E-state index contributed by atoms with van der Waals surface area (Å²) < 4.78 is 0. The third kappa shape index (κ3) is 4.30. The van der Waals surface area contributed by atoms with Crippen molar-refractivity contribution in [3.05, 3.63) is 33.8 Å². The van der Waals surface area contributed by atoms with Crippen molar-refractivity contribution in [3.63, 3.8) is 0 Å². The molecule has 4 heteroatoms. The Morgan fingerprint density at radius 3 is 2.69 bits per heavy atom. The van der Waals surface area contributed by atoms with Crippen LogP contribution in [0, 0.1) is 0 Å². The SMILES string of the molecule is CCC(Cc1ccc(Cl)cc1Cl)NCCN. The smallest absolute Gasteiger partial charge is 0.0453 e. The molecule has 0 aliphatic heterocycles. The van der Waals surface area contributed by atoms with Crippen LogP contribution in [0.3, 0.4) is 0 Å². The van der Waals surface area contributed by atoms with Gasteiger partial charge in [0.1, 0.15) is 0 Å². The van der Waals surface area contributed by atoms with Crippen LogP contribution >= 0.6 is 23.2 Å². The lowest BCUT2D eigenvalue weighted by atomic mass is 10.0. The van der Waals surface area contributed by atoms with Crippen molar-refractivity contribution < 1.29 is 0 Å². The Kier molecular flexibility index (Phi) is 6.14. The van der Waals surface area contributed by atoms with Crippen molar-refractivity contribution in [2.45, 2.75) is 25.8 Å². The molecule has 0 aliphatic rings. The number of hydrogen-bond acceptors (Lipinski definition) is 2. The van der Waals surface area contributed by atoms with Gasteiger partial charge in [0.05, 0.1) is 0 Å². The van der Waals surface area contributed by atoms with E-state index in [1.54, 1.807) is 6.07 Å². The van der Waals surface area contributed by atoms with E-state index in [9.17, 15) is 0 Å². The zero-order valence-electron chi connectivity index (χ0n) is 9.47. The molecule has 0 radical (unpaired) electrons. The first-order valence-corrected chi connectivity index (χ1v) is 6.30. The minimum Gasteiger partial charge on any atom is -0.329 e. The van der Waals surface area contributed by atoms with Crippen molar-refractivity contribution in [2.75, 3.05) is 13.1 Å². The molecule has 0 saturated carbocycles. The predicted molar refractivity (Wildman–Crippen MR) is 71.3 cm³/mol. The summed E-state index contributed by atoms with van der Waals surface area (Å²) in [5.41, 5.74) is 6.60. The highest BCUT2D eigenvalue weighted by molar-refractivity contribution is 6.35. The largest absolute Gasteiger partial charge is 0.329 e. The summed E-state index contributed by atoms with van der Waals surface area (Å²) in [5.74, 6) is 0. The zero-order chi connectivity index (χ0) is 12.0. The van der Waals surface area contributed by atoms with E-state index < -0.39 is 0 Å². The Labute approximate surface area is 107 Å². The topological polar surface area (TPSA) is 38.0 Å². The van der Waals surface area contributed by atoms with Crippen molar-refractivity contribution in [1.29, 1.82) is 0 Å². The molecule has 1 rings (SSSR count). The number of halogens is 2. The summed E-state index contributed by atoms with van der Waals surface area (Å²) in [5, 5.41) is 4.81. The first-order valence-electron chi connectivity index (χ1n) is 5.54. The molecule has 0 fully saturated rings. The highest BCUT2D eigenvalue weighted by atomic mass is 35.5. The molecule has 16 heavy (non-hydrogen) atoms. The second-order valence-corrected chi connectivity index (χ2v) is 4.63. The predicted octanol–water partition coefficient (Wildman–Crippen LogP) is 2.86. The lowest BCUT2D eigenvalue weighted by Crippen LogP contribution is -2.34. The fourth-order valence-electron chi connectivity index (χ4n) is 1.60. The fraction of sp³-hybridized carbons (Fsp3) is 0.500. The molecule has 0 heterocycles. The molecule has 1 aromatic rings. The molecule has 1 aromatic carbocycles. The Morgan fingerprint density at radius 2 is 2.12 bits per heavy atom. The van der Waals surface area contributed by atoms with Crippen LogP contribution in [-0.4, -0.2) is 19.1 Å². The van der Waals surface area contributed by atoms with Gasteiger partial charge in [-0.25, -0.2) is 0 Å². The molecule has 0 aliphatic carbocycles. The van der Waals surface area contributed by atoms with Gasteiger partial charge < -0.3 is 11.1 Å². The first-order chi connectivity index (χ1) is 7.67. The number of nitrogens with two attached hydrogens (primary N) is 1. The van der Waals surface area contributed by atoms with Gasteiger partial charge in [0, 0.05) is 29.2 Å². The summed E-state index contributed by atoms with van der Waals surface area (Å²) in [6, 6.07) is 6.06. The second kappa shape index (κ2) is 7.13. The summed E-state index contributed by atoms with van der Waals surface area (Å²) in [4.78, 5) is 0. The Bertz CT molecular complexity index is 329. The first kappa shape index (κ1) is 13.8. The second-order valence-electron chi connectivity index (χ2n) is 3.79. The third-order valence-corrected chi connectivity index (χ3v) is 3.14. The summed E-state index contributed by atoms with van der Waals surface area (Å²) in [6.07, 6.45) is 1.96. The maximum atomic E-state index is 6.13. The molecule has 0 aromatic heterocycles. The lowest BCUT2D eigenvalue weighted by molar-refractivity contribution is 0.502. The molecule has 1 atom stereocenters. The Hall–Kier alpha value is -0.280. The molecule has 0 bridgehead atoms. The standard InChI is InChI=1S/C12H18Cl2N2/c1-2-11(16-6-5-15)7-9-3-4-10(13)8-12(9)14/h3-4,8,11,16H,2,5-7,15H2,1H3. The molecule has 2 nitrogen and oxygen atoms in total. The van der Waals surface area contributed by atoms with Crippen molar-refractivity contribution >= 4 is 23.2 Å². The molecular formula is C12H18Cl2N2. The van der Waals surface area contributed by atoms with Crippen LogP contribution < -0.4 is 11.1 Å². The van der Waals surface area contributed by atoms with Crippen LogP contribution in [0.1, 0.15) is 18.9 Å². The monoisotopic (exact) mass is 260 g/mol. The van der Waals surface area contributed by atoms with Crippen LogP contribution in [-0.2, 0) is 6.42 Å². The van der Waals surface area contributed by atoms with Crippen molar-refractivity contribution in [1.82, 2.24) is 5.32 Å². The van der Waals surface area contributed by atoms with Crippen molar-refractivity contribution in [3.8, 4) is 0 Å². The van der Waals surface area contributed by atoms with Gasteiger partial charge in [0.15, 0.2) is 0 Å². The van der Waals surface area contributed by atoms with Gasteiger partial charge in [0.2, 0.25) is 0 Å². The lowest BCUT2D eigenvalue weighted by Gasteiger charge is -2.17. The normalized spacial score (nSPS) is 12.8. The van der Waals surface area contributed by atoms with E-state index >= 15 is 0 Å². The molecule has 3 N–H and O–H groups in total. The summed E-state index contributed by atoms with van der Waals surface area (Å²) in [6.45, 7) is 3.65. The van der Waals surface area contributed by atoms with Crippen LogP contribution in [0.25, 0.3) is 0 Å². The molecular weight excluding hydrogens is 243 g/mol. The fourth-order valence-corrected chi connectivity index (χ4v) is 2.09. The van der Waals surface area contributed by atoms with Crippen LogP contribution in [0.2, 0.25) is 10.0 Å². The van der Waals surface area contributed by atoms with E-state index in [4.69, 9.17) is 28.9 Å². The summed E-state index contributed by atoms with van der Waals surface area (Å²) in [7, 11) is 0. The van der Waals surface area contributed by atoms with Gasteiger partial charge >= 0.3 is 0 Å². The zero-order valence-corrected chi connectivity index (χ0v) is 11.0. The number of benzene rings is 1. The van der Waals surface area contributed by atoms with E-state index in [-0.39, 0.29) is 0 Å².